The molecule has 0 bridgehead atoms. The number of carbonyl (C=O) groups excluding carboxylic acids is 1. The molecular formula is C20H24FN3O. The van der Waals surface area contributed by atoms with Crippen molar-refractivity contribution in [3.8, 4) is 0 Å². The molecule has 1 unspecified atom stereocenters. The van der Waals surface area contributed by atoms with Gasteiger partial charge >= 0.3 is 0 Å². The van der Waals surface area contributed by atoms with E-state index in [1.165, 1.54) is 6.07 Å². The molecule has 2 heterocycles. The first kappa shape index (κ1) is 17.5. The number of aromatic nitrogens is 1. The van der Waals surface area contributed by atoms with E-state index in [9.17, 15) is 9.18 Å². The van der Waals surface area contributed by atoms with Gasteiger partial charge in [-0.15, -0.1) is 0 Å². The maximum absolute atomic E-state index is 13.7. The average Bonchev–Trinajstić information content (AvgIpc) is 3.06. The summed E-state index contributed by atoms with van der Waals surface area (Å²) in [5.74, 6) is -0.207. The highest BCUT2D eigenvalue weighted by Gasteiger charge is 2.29. The molecule has 2 N–H and O–H groups in total. The molecule has 1 saturated heterocycles. The summed E-state index contributed by atoms with van der Waals surface area (Å²) >= 11 is 0. The van der Waals surface area contributed by atoms with Gasteiger partial charge in [-0.25, -0.2) is 4.39 Å². The Hall–Kier alpha value is -2.27. The second-order valence-electron chi connectivity index (χ2n) is 6.67. The van der Waals surface area contributed by atoms with Crippen LogP contribution in [0.2, 0.25) is 0 Å². The monoisotopic (exact) mass is 341 g/mol. The first-order chi connectivity index (χ1) is 12.1. The Bertz CT molecular complexity index is 707. The van der Waals surface area contributed by atoms with Crippen LogP contribution in [0.15, 0.2) is 48.7 Å². The van der Waals surface area contributed by atoms with Crippen molar-refractivity contribution in [2.24, 2.45) is 5.73 Å². The highest BCUT2D eigenvalue weighted by molar-refractivity contribution is 5.77. The fraction of sp³-hybridized carbons (Fsp3) is 0.400. The van der Waals surface area contributed by atoms with E-state index < -0.39 is 0 Å². The maximum atomic E-state index is 13.7. The normalized spacial score (nSPS) is 18.3. The molecule has 0 radical (unpaired) electrons. The molecule has 1 aliphatic heterocycles. The number of hydrogen-bond donors (Lipinski definition) is 1. The Morgan fingerprint density at radius 3 is 2.84 bits per heavy atom. The SMILES string of the molecule is N[C@@H](CC(=O)N1CCCC1Cc1ccccn1)Cc1ccccc1F. The zero-order valence-corrected chi connectivity index (χ0v) is 14.3. The smallest absolute Gasteiger partial charge is 0.224 e. The first-order valence-electron chi connectivity index (χ1n) is 8.82. The van der Waals surface area contributed by atoms with E-state index in [0.29, 0.717) is 12.0 Å². The van der Waals surface area contributed by atoms with E-state index in [-0.39, 0.29) is 30.2 Å². The molecular weight excluding hydrogens is 317 g/mol. The third-order valence-corrected chi connectivity index (χ3v) is 4.75. The standard InChI is InChI=1S/C20H24FN3O/c21-19-9-2-1-6-15(19)12-16(22)13-20(25)24-11-5-8-18(24)14-17-7-3-4-10-23-17/h1-4,6-7,9-10,16,18H,5,8,11-14,22H2/t16-,18?/m1/s1. The second kappa shape index (κ2) is 8.21. The number of likely N-dealkylation sites (tertiary alicyclic amines) is 1. The van der Waals surface area contributed by atoms with Crippen molar-refractivity contribution in [3.63, 3.8) is 0 Å². The van der Waals surface area contributed by atoms with Crippen LogP contribution >= 0.6 is 0 Å². The second-order valence-corrected chi connectivity index (χ2v) is 6.67. The van der Waals surface area contributed by atoms with Gasteiger partial charge in [-0.3, -0.25) is 9.78 Å². The van der Waals surface area contributed by atoms with Crippen molar-refractivity contribution < 1.29 is 9.18 Å². The Labute approximate surface area is 147 Å². The Kier molecular flexibility index (Phi) is 5.76. The molecule has 1 aromatic heterocycles. The van der Waals surface area contributed by atoms with Gasteiger partial charge in [0.15, 0.2) is 0 Å². The minimum Gasteiger partial charge on any atom is -0.339 e. The number of hydrogen-bond acceptors (Lipinski definition) is 3. The summed E-state index contributed by atoms with van der Waals surface area (Å²) < 4.78 is 13.7. The largest absolute Gasteiger partial charge is 0.339 e. The highest BCUT2D eigenvalue weighted by atomic mass is 19.1. The summed E-state index contributed by atoms with van der Waals surface area (Å²) in [5, 5.41) is 0. The fourth-order valence-electron chi connectivity index (χ4n) is 3.50. The van der Waals surface area contributed by atoms with Gasteiger partial charge in [0.05, 0.1) is 0 Å². The predicted octanol–water partition coefficient (Wildman–Crippen LogP) is 2.71. The van der Waals surface area contributed by atoms with E-state index in [1.54, 1.807) is 24.4 Å². The quantitative estimate of drug-likeness (QED) is 0.879. The van der Waals surface area contributed by atoms with Crippen molar-refractivity contribution in [2.45, 2.75) is 44.2 Å². The number of pyridine rings is 1. The lowest BCUT2D eigenvalue weighted by Crippen LogP contribution is -2.40. The number of benzene rings is 1. The van der Waals surface area contributed by atoms with Crippen LogP contribution in [-0.2, 0) is 17.6 Å². The molecule has 5 heteroatoms. The average molecular weight is 341 g/mol. The van der Waals surface area contributed by atoms with Crippen LogP contribution in [0, 0.1) is 5.82 Å². The maximum Gasteiger partial charge on any atom is 0.224 e. The van der Waals surface area contributed by atoms with Crippen LogP contribution in [-0.4, -0.2) is 34.4 Å². The number of carbonyl (C=O) groups is 1. The fourth-order valence-corrected chi connectivity index (χ4v) is 3.50. The molecule has 2 aromatic rings. The van der Waals surface area contributed by atoms with Crippen LogP contribution < -0.4 is 5.73 Å². The van der Waals surface area contributed by atoms with E-state index >= 15 is 0 Å². The molecule has 2 atom stereocenters. The molecule has 0 saturated carbocycles. The van der Waals surface area contributed by atoms with Crippen LogP contribution in [0.4, 0.5) is 4.39 Å². The van der Waals surface area contributed by atoms with Gasteiger partial charge in [0, 0.05) is 43.4 Å². The van der Waals surface area contributed by atoms with Gasteiger partial charge in [0.25, 0.3) is 0 Å². The summed E-state index contributed by atoms with van der Waals surface area (Å²) in [4.78, 5) is 18.9. The first-order valence-corrected chi connectivity index (χ1v) is 8.82. The van der Waals surface area contributed by atoms with Gasteiger partial charge < -0.3 is 10.6 Å². The number of nitrogens with two attached hydrogens (primary N) is 1. The number of rotatable bonds is 6. The molecule has 1 fully saturated rings. The molecule has 132 valence electrons. The van der Waals surface area contributed by atoms with Gasteiger partial charge in [-0.05, 0) is 43.0 Å². The van der Waals surface area contributed by atoms with Crippen LogP contribution in [0.5, 0.6) is 0 Å². The van der Waals surface area contributed by atoms with Crippen molar-refractivity contribution in [1.82, 2.24) is 9.88 Å². The van der Waals surface area contributed by atoms with E-state index in [0.717, 1.165) is 31.5 Å². The van der Waals surface area contributed by atoms with Crippen LogP contribution in [0.25, 0.3) is 0 Å². The summed E-state index contributed by atoms with van der Waals surface area (Å²) in [6, 6.07) is 12.2. The minimum atomic E-state index is -0.375. The molecule has 3 rings (SSSR count). The summed E-state index contributed by atoms with van der Waals surface area (Å²) in [7, 11) is 0. The van der Waals surface area contributed by atoms with E-state index in [1.807, 2.05) is 23.1 Å². The van der Waals surface area contributed by atoms with Crippen LogP contribution in [0.3, 0.4) is 0 Å². The van der Waals surface area contributed by atoms with Crippen molar-refractivity contribution >= 4 is 5.91 Å². The lowest BCUT2D eigenvalue weighted by atomic mass is 10.0. The van der Waals surface area contributed by atoms with Crippen molar-refractivity contribution in [2.75, 3.05) is 6.54 Å². The molecule has 0 spiro atoms. The van der Waals surface area contributed by atoms with Crippen molar-refractivity contribution in [3.05, 3.63) is 65.7 Å². The zero-order chi connectivity index (χ0) is 17.6. The van der Waals surface area contributed by atoms with E-state index in [4.69, 9.17) is 5.73 Å². The molecule has 4 nitrogen and oxygen atoms in total. The zero-order valence-electron chi connectivity index (χ0n) is 14.3. The van der Waals surface area contributed by atoms with Gasteiger partial charge in [-0.2, -0.15) is 0 Å². The number of nitrogens with zero attached hydrogens (tertiary/aromatic N) is 2. The highest BCUT2D eigenvalue weighted by Crippen LogP contribution is 2.22. The lowest BCUT2D eigenvalue weighted by molar-refractivity contribution is -0.132. The molecule has 1 aliphatic rings. The van der Waals surface area contributed by atoms with Gasteiger partial charge in [0.1, 0.15) is 5.82 Å². The summed E-state index contributed by atoms with van der Waals surface area (Å²) in [6.07, 6.45) is 5.16. The van der Waals surface area contributed by atoms with Gasteiger partial charge in [0.2, 0.25) is 5.91 Å². The Morgan fingerprint density at radius 1 is 1.28 bits per heavy atom. The predicted molar refractivity (Wildman–Crippen MR) is 95.4 cm³/mol. The molecule has 1 amide bonds. The molecule has 25 heavy (non-hydrogen) atoms. The minimum absolute atomic E-state index is 0.0577. The summed E-state index contributed by atoms with van der Waals surface area (Å²) in [5.41, 5.74) is 7.68. The van der Waals surface area contributed by atoms with Crippen molar-refractivity contribution in [1.29, 1.82) is 0 Å². The molecule has 1 aromatic carbocycles. The Balaban J connectivity index is 1.57. The topological polar surface area (TPSA) is 59.2 Å². The molecule has 0 aliphatic carbocycles. The number of amides is 1. The van der Waals surface area contributed by atoms with Gasteiger partial charge in [-0.1, -0.05) is 24.3 Å². The number of halogens is 1. The Morgan fingerprint density at radius 2 is 2.08 bits per heavy atom. The van der Waals surface area contributed by atoms with E-state index in [2.05, 4.69) is 4.98 Å². The third-order valence-electron chi connectivity index (χ3n) is 4.75. The summed E-state index contributed by atoms with van der Waals surface area (Å²) in [6.45, 7) is 0.767. The lowest BCUT2D eigenvalue weighted by Gasteiger charge is -2.26. The van der Waals surface area contributed by atoms with Crippen LogP contribution in [0.1, 0.15) is 30.5 Å². The third kappa shape index (κ3) is 4.63.